The number of rotatable bonds is 8. The third-order valence-corrected chi connectivity index (χ3v) is 4.30. The molecule has 0 saturated heterocycles. The number of hydrogen-bond acceptors (Lipinski definition) is 5. The molecule has 8 heteroatoms. The molecule has 150 valence electrons. The van der Waals surface area contributed by atoms with Gasteiger partial charge < -0.3 is 15.4 Å². The number of carbonyl (C=O) groups is 1. The highest BCUT2D eigenvalue weighted by Crippen LogP contribution is 2.30. The number of primary amides is 1. The lowest BCUT2D eigenvalue weighted by Gasteiger charge is -2.22. The highest BCUT2D eigenvalue weighted by atomic mass is 19.1. The summed E-state index contributed by atoms with van der Waals surface area (Å²) in [6.07, 6.45) is 4.23. The van der Waals surface area contributed by atoms with Crippen molar-refractivity contribution in [1.29, 1.82) is 0 Å². The lowest BCUT2D eigenvalue weighted by atomic mass is 10.0. The first-order valence-electron chi connectivity index (χ1n) is 8.88. The Hall–Kier alpha value is -3.39. The average Bonchev–Trinajstić information content (AvgIpc) is 2.71. The van der Waals surface area contributed by atoms with Crippen LogP contribution in [0.2, 0.25) is 0 Å². The topological polar surface area (TPSA) is 81.3 Å². The van der Waals surface area contributed by atoms with Gasteiger partial charge in [-0.1, -0.05) is 12.1 Å². The van der Waals surface area contributed by atoms with Crippen LogP contribution in [-0.2, 0) is 11.3 Å². The Morgan fingerprint density at radius 2 is 1.86 bits per heavy atom. The van der Waals surface area contributed by atoms with Crippen LogP contribution < -0.4 is 10.6 Å². The molecule has 0 aliphatic carbocycles. The zero-order valence-electron chi connectivity index (χ0n) is 15.8. The van der Waals surface area contributed by atoms with Gasteiger partial charge in [0.1, 0.15) is 17.3 Å². The van der Waals surface area contributed by atoms with Crippen LogP contribution in [0, 0.1) is 11.6 Å². The fraction of sp³-hybridized carbons (Fsp3) is 0.190. The molecule has 0 aliphatic heterocycles. The first-order valence-corrected chi connectivity index (χ1v) is 8.88. The largest absolute Gasteiger partial charge is 0.375 e. The maximum atomic E-state index is 13.3. The van der Waals surface area contributed by atoms with Crippen LogP contribution in [0.15, 0.2) is 55.0 Å². The standard InChI is InChI=1S/C21H20F2N4O2/c1-27(6-7-29-13-14-8-17(23)11-25-10-14)20-12-26-19(21(24)28)9-18(20)15-2-4-16(22)5-3-15/h2-5,8-12H,6-7,13H2,1H3,(H2,24,28). The zero-order valence-corrected chi connectivity index (χ0v) is 15.8. The Balaban J connectivity index is 1.72. The first-order chi connectivity index (χ1) is 13.9. The number of halogens is 2. The number of benzene rings is 1. The normalized spacial score (nSPS) is 10.7. The number of nitrogens with zero attached hydrogens (tertiary/aromatic N) is 3. The van der Waals surface area contributed by atoms with E-state index in [0.29, 0.717) is 24.3 Å². The molecule has 0 aliphatic rings. The van der Waals surface area contributed by atoms with Crippen molar-refractivity contribution in [1.82, 2.24) is 9.97 Å². The van der Waals surface area contributed by atoms with Crippen molar-refractivity contribution in [2.45, 2.75) is 6.61 Å². The molecule has 0 fully saturated rings. The van der Waals surface area contributed by atoms with Crippen molar-refractivity contribution >= 4 is 11.6 Å². The van der Waals surface area contributed by atoms with E-state index in [-0.39, 0.29) is 18.1 Å². The second-order valence-electron chi connectivity index (χ2n) is 6.44. The second-order valence-corrected chi connectivity index (χ2v) is 6.44. The number of aromatic nitrogens is 2. The maximum absolute atomic E-state index is 13.3. The minimum absolute atomic E-state index is 0.122. The van der Waals surface area contributed by atoms with Gasteiger partial charge in [-0.25, -0.2) is 13.8 Å². The number of likely N-dealkylation sites (N-methyl/N-ethyl adjacent to an activating group) is 1. The van der Waals surface area contributed by atoms with E-state index in [0.717, 1.165) is 17.4 Å². The van der Waals surface area contributed by atoms with Crippen molar-refractivity contribution in [2.75, 3.05) is 25.1 Å². The number of carbonyl (C=O) groups excluding carboxylic acids is 1. The first kappa shape index (κ1) is 20.3. The molecule has 0 bridgehead atoms. The fourth-order valence-electron chi connectivity index (χ4n) is 2.79. The van der Waals surface area contributed by atoms with Gasteiger partial charge in [0.05, 0.1) is 31.3 Å². The third-order valence-electron chi connectivity index (χ3n) is 4.30. The highest BCUT2D eigenvalue weighted by molar-refractivity contribution is 5.93. The summed E-state index contributed by atoms with van der Waals surface area (Å²) in [5.74, 6) is -1.41. The molecule has 2 aromatic heterocycles. The molecule has 0 atom stereocenters. The van der Waals surface area contributed by atoms with Crippen LogP contribution >= 0.6 is 0 Å². The molecule has 1 amide bonds. The molecule has 29 heavy (non-hydrogen) atoms. The van der Waals surface area contributed by atoms with Crippen molar-refractivity contribution < 1.29 is 18.3 Å². The van der Waals surface area contributed by atoms with Gasteiger partial charge in [0.2, 0.25) is 0 Å². The van der Waals surface area contributed by atoms with Gasteiger partial charge in [-0.2, -0.15) is 0 Å². The third kappa shape index (κ3) is 5.32. The van der Waals surface area contributed by atoms with Gasteiger partial charge in [-0.3, -0.25) is 9.78 Å². The smallest absolute Gasteiger partial charge is 0.267 e. The summed E-state index contributed by atoms with van der Waals surface area (Å²) >= 11 is 0. The van der Waals surface area contributed by atoms with E-state index < -0.39 is 11.7 Å². The molecule has 0 unspecified atom stereocenters. The summed E-state index contributed by atoms with van der Waals surface area (Å²) < 4.78 is 32.1. The van der Waals surface area contributed by atoms with E-state index in [1.165, 1.54) is 18.2 Å². The van der Waals surface area contributed by atoms with Crippen molar-refractivity contribution in [3.05, 3.63) is 77.9 Å². The number of anilines is 1. The van der Waals surface area contributed by atoms with Gasteiger partial charge in [0.15, 0.2) is 0 Å². The van der Waals surface area contributed by atoms with Crippen molar-refractivity contribution in [2.24, 2.45) is 5.73 Å². The molecule has 0 saturated carbocycles. The summed E-state index contributed by atoms with van der Waals surface area (Å²) in [4.78, 5) is 21.3. The van der Waals surface area contributed by atoms with Gasteiger partial charge in [0, 0.05) is 25.4 Å². The molecular weight excluding hydrogens is 378 g/mol. The van der Waals surface area contributed by atoms with Gasteiger partial charge in [-0.15, -0.1) is 0 Å². The minimum atomic E-state index is -0.644. The lowest BCUT2D eigenvalue weighted by molar-refractivity contribution is 0.0995. The Morgan fingerprint density at radius 1 is 1.10 bits per heavy atom. The van der Waals surface area contributed by atoms with E-state index >= 15 is 0 Å². The van der Waals surface area contributed by atoms with Gasteiger partial charge in [-0.05, 0) is 35.4 Å². The van der Waals surface area contributed by atoms with Gasteiger partial charge >= 0.3 is 0 Å². The summed E-state index contributed by atoms with van der Waals surface area (Å²) in [7, 11) is 1.85. The van der Waals surface area contributed by atoms with Crippen molar-refractivity contribution in [3.63, 3.8) is 0 Å². The van der Waals surface area contributed by atoms with Crippen LogP contribution in [0.3, 0.4) is 0 Å². The van der Waals surface area contributed by atoms with Crippen LogP contribution in [-0.4, -0.2) is 36.1 Å². The number of ether oxygens (including phenoxy) is 1. The fourth-order valence-corrected chi connectivity index (χ4v) is 2.79. The molecule has 6 nitrogen and oxygen atoms in total. The molecule has 3 aromatic rings. The predicted molar refractivity (Wildman–Crippen MR) is 105 cm³/mol. The highest BCUT2D eigenvalue weighted by Gasteiger charge is 2.14. The Bertz CT molecular complexity index is 996. The molecule has 0 radical (unpaired) electrons. The minimum Gasteiger partial charge on any atom is -0.375 e. The van der Waals surface area contributed by atoms with E-state index in [1.54, 1.807) is 30.6 Å². The summed E-state index contributed by atoms with van der Waals surface area (Å²) in [6.45, 7) is 1.12. The van der Waals surface area contributed by atoms with E-state index in [2.05, 4.69) is 9.97 Å². The Morgan fingerprint density at radius 3 is 2.55 bits per heavy atom. The van der Waals surface area contributed by atoms with E-state index in [4.69, 9.17) is 10.5 Å². The number of nitrogens with two attached hydrogens (primary N) is 1. The van der Waals surface area contributed by atoms with E-state index in [9.17, 15) is 13.6 Å². The van der Waals surface area contributed by atoms with Crippen LogP contribution in [0.4, 0.5) is 14.5 Å². The average molecular weight is 398 g/mol. The van der Waals surface area contributed by atoms with Crippen molar-refractivity contribution in [3.8, 4) is 11.1 Å². The number of hydrogen-bond donors (Lipinski definition) is 1. The van der Waals surface area contributed by atoms with Crippen LogP contribution in [0.25, 0.3) is 11.1 Å². The summed E-state index contributed by atoms with van der Waals surface area (Å²) in [5, 5.41) is 0. The monoisotopic (exact) mass is 398 g/mol. The summed E-state index contributed by atoms with van der Waals surface area (Å²) in [6, 6.07) is 8.90. The maximum Gasteiger partial charge on any atom is 0.267 e. The zero-order chi connectivity index (χ0) is 20.8. The van der Waals surface area contributed by atoms with Crippen LogP contribution in [0.5, 0.6) is 0 Å². The molecule has 2 heterocycles. The van der Waals surface area contributed by atoms with Gasteiger partial charge in [0.25, 0.3) is 5.91 Å². The molecule has 3 rings (SSSR count). The molecule has 1 aromatic carbocycles. The Kier molecular flexibility index (Phi) is 6.46. The predicted octanol–water partition coefficient (Wildman–Crippen LogP) is 3.17. The molecule has 0 spiro atoms. The molecule has 2 N–H and O–H groups in total. The quantitative estimate of drug-likeness (QED) is 0.590. The lowest BCUT2D eigenvalue weighted by Crippen LogP contribution is -2.24. The summed E-state index contributed by atoms with van der Waals surface area (Å²) in [5.41, 5.74) is 8.28. The van der Waals surface area contributed by atoms with Crippen LogP contribution in [0.1, 0.15) is 16.1 Å². The molecular formula is C21H20F2N4O2. The number of pyridine rings is 2. The second kappa shape index (κ2) is 9.20. The SMILES string of the molecule is CN(CCOCc1cncc(F)c1)c1cnc(C(N)=O)cc1-c1ccc(F)cc1. The Labute approximate surface area is 167 Å². The van der Waals surface area contributed by atoms with E-state index in [1.807, 2.05) is 11.9 Å². The number of amides is 1.